The first-order valence-electron chi connectivity index (χ1n) is 10.9. The molecule has 4 aromatic heterocycles. The number of aromatic nitrogens is 7. The first kappa shape index (κ1) is 20.0. The van der Waals surface area contributed by atoms with Crippen LogP contribution in [0.1, 0.15) is 11.3 Å². The van der Waals surface area contributed by atoms with Crippen molar-refractivity contribution >= 4 is 33.3 Å². The van der Waals surface area contributed by atoms with Crippen molar-refractivity contribution in [1.82, 2.24) is 40.7 Å². The normalized spacial score (nSPS) is 11.3. The number of hydrogen-bond acceptors (Lipinski definition) is 7. The molecule has 0 fully saturated rings. The molecule has 9 heteroatoms. The Balaban J connectivity index is 1.18. The number of nitrogens with one attached hydrogen (secondary N) is 4. The second kappa shape index (κ2) is 8.72. The van der Waals surface area contributed by atoms with Crippen molar-refractivity contribution in [3.05, 3.63) is 90.6 Å². The van der Waals surface area contributed by atoms with Crippen LogP contribution < -0.4 is 10.6 Å². The highest BCUT2D eigenvalue weighted by Gasteiger charge is 2.08. The van der Waals surface area contributed by atoms with Gasteiger partial charge < -0.3 is 15.6 Å². The monoisotopic (exact) mass is 447 g/mol. The van der Waals surface area contributed by atoms with Crippen LogP contribution in [-0.4, -0.2) is 35.3 Å². The fraction of sp³-hybridized carbons (Fsp3) is 0.0800. The third-order valence-corrected chi connectivity index (χ3v) is 5.59. The Kier molecular flexibility index (Phi) is 5.13. The van der Waals surface area contributed by atoms with Crippen LogP contribution in [0.15, 0.2) is 79.4 Å². The summed E-state index contributed by atoms with van der Waals surface area (Å²) >= 11 is 0. The van der Waals surface area contributed by atoms with Gasteiger partial charge in [0.1, 0.15) is 5.82 Å². The summed E-state index contributed by atoms with van der Waals surface area (Å²) in [7, 11) is 0. The van der Waals surface area contributed by atoms with Gasteiger partial charge in [0.25, 0.3) is 0 Å². The van der Waals surface area contributed by atoms with Crippen LogP contribution in [0.5, 0.6) is 0 Å². The van der Waals surface area contributed by atoms with Crippen molar-refractivity contribution in [2.24, 2.45) is 0 Å². The van der Waals surface area contributed by atoms with E-state index >= 15 is 0 Å². The third kappa shape index (κ3) is 4.19. The van der Waals surface area contributed by atoms with Crippen LogP contribution in [0.4, 0.5) is 11.5 Å². The molecule has 0 aliphatic rings. The fourth-order valence-corrected chi connectivity index (χ4v) is 3.92. The number of nitrogens with zero attached hydrogens (tertiary/aromatic N) is 5. The van der Waals surface area contributed by atoms with E-state index in [2.05, 4.69) is 59.2 Å². The molecule has 0 saturated carbocycles. The second-order valence-electron chi connectivity index (χ2n) is 8.01. The van der Waals surface area contributed by atoms with Crippen LogP contribution in [-0.2, 0) is 13.1 Å². The Morgan fingerprint density at radius 1 is 0.794 bits per heavy atom. The molecular formula is C25H21N9. The number of hydrogen-bond donors (Lipinski definition) is 4. The minimum Gasteiger partial charge on any atom is -0.357 e. The predicted molar refractivity (Wildman–Crippen MR) is 131 cm³/mol. The smallest absolute Gasteiger partial charge is 0.161 e. The third-order valence-electron chi connectivity index (χ3n) is 5.59. The van der Waals surface area contributed by atoms with Crippen molar-refractivity contribution in [3.8, 4) is 11.4 Å². The van der Waals surface area contributed by atoms with Gasteiger partial charge in [0, 0.05) is 53.3 Å². The zero-order valence-corrected chi connectivity index (χ0v) is 18.2. The summed E-state index contributed by atoms with van der Waals surface area (Å²) in [6.45, 7) is 1.46. The van der Waals surface area contributed by atoms with Crippen molar-refractivity contribution < 1.29 is 0 Å². The predicted octanol–water partition coefficient (Wildman–Crippen LogP) is 4.32. The van der Waals surface area contributed by atoms with Crippen LogP contribution in [0.3, 0.4) is 0 Å². The molecule has 0 amide bonds. The Labute approximate surface area is 194 Å². The summed E-state index contributed by atoms with van der Waals surface area (Å²) in [5.41, 5.74) is 6.15. The first-order chi connectivity index (χ1) is 16.8. The summed E-state index contributed by atoms with van der Waals surface area (Å²) in [5.74, 6) is 1.39. The summed E-state index contributed by atoms with van der Waals surface area (Å²) in [6, 6.07) is 18.2. The average molecular weight is 448 g/mol. The zero-order valence-electron chi connectivity index (χ0n) is 18.2. The first-order valence-corrected chi connectivity index (χ1v) is 10.9. The molecule has 2 aromatic carbocycles. The molecule has 6 rings (SSSR count). The van der Waals surface area contributed by atoms with Crippen LogP contribution in [0.2, 0.25) is 0 Å². The van der Waals surface area contributed by atoms with E-state index in [9.17, 15) is 0 Å². The van der Waals surface area contributed by atoms with E-state index in [1.807, 2.05) is 36.4 Å². The van der Waals surface area contributed by atoms with Gasteiger partial charge in [-0.05, 0) is 53.4 Å². The molecule has 34 heavy (non-hydrogen) atoms. The molecule has 166 valence electrons. The SMILES string of the molecule is c1cc(CNCc2cc3ccc(-c4nccc(Nc5ccc6[nH]ncc6c5)n4)cc3[nH]2)cnn1. The molecule has 6 aromatic rings. The molecule has 0 radical (unpaired) electrons. The highest BCUT2D eigenvalue weighted by atomic mass is 15.1. The second-order valence-corrected chi connectivity index (χ2v) is 8.01. The average Bonchev–Trinajstić information content (AvgIpc) is 3.50. The topological polar surface area (TPSA) is 120 Å². The van der Waals surface area contributed by atoms with E-state index in [1.165, 1.54) is 0 Å². The molecule has 4 heterocycles. The maximum absolute atomic E-state index is 4.72. The standard InChI is InChI=1S/C25H21N9/c1-2-18(11-23-17(1)9-21(31-23)15-26-12-16-5-8-28-29-13-16)25-27-7-6-24(33-25)32-20-3-4-22-19(10-20)14-30-34-22/h1-11,13-14,26,31H,12,15H2,(H,30,34)(H,27,32,33). The lowest BCUT2D eigenvalue weighted by Crippen LogP contribution is -2.13. The van der Waals surface area contributed by atoms with Gasteiger partial charge in [0.05, 0.1) is 17.9 Å². The number of H-pyrrole nitrogens is 2. The molecule has 0 bridgehead atoms. The van der Waals surface area contributed by atoms with Gasteiger partial charge in [0.15, 0.2) is 5.82 Å². The van der Waals surface area contributed by atoms with Crippen LogP contribution in [0.25, 0.3) is 33.2 Å². The Hall–Kier alpha value is -4.63. The highest BCUT2D eigenvalue weighted by Crippen LogP contribution is 2.25. The van der Waals surface area contributed by atoms with Gasteiger partial charge in [0.2, 0.25) is 0 Å². The molecule has 0 unspecified atom stereocenters. The minimum atomic E-state index is 0.663. The summed E-state index contributed by atoms with van der Waals surface area (Å²) in [5, 5.41) is 23.7. The lowest BCUT2D eigenvalue weighted by molar-refractivity contribution is 0.679. The van der Waals surface area contributed by atoms with Gasteiger partial charge in [-0.15, -0.1) is 0 Å². The number of anilines is 2. The van der Waals surface area contributed by atoms with Crippen LogP contribution in [0, 0.1) is 0 Å². The Morgan fingerprint density at radius 2 is 1.79 bits per heavy atom. The number of fused-ring (bicyclic) bond motifs is 2. The number of aromatic amines is 2. The summed E-state index contributed by atoms with van der Waals surface area (Å²) in [6.07, 6.45) is 7.04. The molecule has 0 atom stereocenters. The maximum Gasteiger partial charge on any atom is 0.161 e. The molecular weight excluding hydrogens is 426 g/mol. The van der Waals surface area contributed by atoms with Gasteiger partial charge in [-0.25, -0.2) is 9.97 Å². The van der Waals surface area contributed by atoms with E-state index in [-0.39, 0.29) is 0 Å². The Bertz CT molecular complexity index is 1570. The largest absolute Gasteiger partial charge is 0.357 e. The molecule has 0 aliphatic carbocycles. The molecule has 0 spiro atoms. The molecule has 4 N–H and O–H groups in total. The summed E-state index contributed by atoms with van der Waals surface area (Å²) < 4.78 is 0. The van der Waals surface area contributed by atoms with Crippen LogP contribution >= 0.6 is 0 Å². The van der Waals surface area contributed by atoms with Crippen molar-refractivity contribution in [3.63, 3.8) is 0 Å². The quantitative estimate of drug-likeness (QED) is 0.288. The minimum absolute atomic E-state index is 0.663. The molecule has 0 aliphatic heterocycles. The van der Waals surface area contributed by atoms with Gasteiger partial charge in [-0.2, -0.15) is 15.3 Å². The molecule has 0 saturated heterocycles. The van der Waals surface area contributed by atoms with E-state index in [0.29, 0.717) is 5.82 Å². The van der Waals surface area contributed by atoms with Crippen molar-refractivity contribution in [2.45, 2.75) is 13.1 Å². The van der Waals surface area contributed by atoms with Crippen molar-refractivity contribution in [2.75, 3.05) is 5.32 Å². The van der Waals surface area contributed by atoms with E-state index in [1.54, 1.807) is 24.8 Å². The van der Waals surface area contributed by atoms with E-state index < -0.39 is 0 Å². The number of rotatable bonds is 7. The van der Waals surface area contributed by atoms with Gasteiger partial charge in [-0.1, -0.05) is 12.1 Å². The fourth-order valence-electron chi connectivity index (χ4n) is 3.92. The highest BCUT2D eigenvalue weighted by molar-refractivity contribution is 5.85. The number of benzene rings is 2. The summed E-state index contributed by atoms with van der Waals surface area (Å²) in [4.78, 5) is 12.7. The van der Waals surface area contributed by atoms with Gasteiger partial charge >= 0.3 is 0 Å². The Morgan fingerprint density at radius 3 is 2.74 bits per heavy atom. The molecule has 9 nitrogen and oxygen atoms in total. The lowest BCUT2D eigenvalue weighted by atomic mass is 10.1. The maximum atomic E-state index is 4.72. The lowest BCUT2D eigenvalue weighted by Gasteiger charge is -2.07. The van der Waals surface area contributed by atoms with E-state index in [4.69, 9.17) is 4.98 Å². The van der Waals surface area contributed by atoms with E-state index in [0.717, 1.165) is 63.2 Å². The van der Waals surface area contributed by atoms with Gasteiger partial charge in [-0.3, -0.25) is 5.10 Å². The zero-order chi connectivity index (χ0) is 22.7. The van der Waals surface area contributed by atoms with Crippen molar-refractivity contribution in [1.29, 1.82) is 0 Å².